The maximum absolute atomic E-state index is 5.85. The first kappa shape index (κ1) is 9.00. The Balaban J connectivity index is 2.20. The van der Waals surface area contributed by atoms with E-state index in [-0.39, 0.29) is 0 Å². The summed E-state index contributed by atoms with van der Waals surface area (Å²) in [6.07, 6.45) is 2.34. The maximum atomic E-state index is 5.85. The van der Waals surface area contributed by atoms with Crippen molar-refractivity contribution in [3.05, 3.63) is 34.9 Å². The average molecular weight is 197 g/mol. The maximum Gasteiger partial charge on any atom is 0.0491 e. The van der Waals surface area contributed by atoms with Crippen molar-refractivity contribution in [3.8, 4) is 0 Å². The van der Waals surface area contributed by atoms with E-state index in [0.717, 1.165) is 18.0 Å². The summed E-state index contributed by atoms with van der Waals surface area (Å²) in [5.74, 6) is 5.85. The quantitative estimate of drug-likeness (QED) is 0.699. The van der Waals surface area contributed by atoms with Crippen LogP contribution in [0.5, 0.6) is 0 Å². The molecule has 13 heavy (non-hydrogen) atoms. The molecule has 2 nitrogen and oxygen atoms in total. The van der Waals surface area contributed by atoms with Crippen molar-refractivity contribution >= 4 is 11.6 Å². The zero-order valence-corrected chi connectivity index (χ0v) is 8.17. The van der Waals surface area contributed by atoms with Crippen LogP contribution in [-0.4, -0.2) is 11.6 Å². The van der Waals surface area contributed by atoms with E-state index in [1.807, 2.05) is 17.1 Å². The molecule has 1 saturated heterocycles. The highest BCUT2D eigenvalue weighted by molar-refractivity contribution is 6.30. The SMILES string of the molecule is NN1CCC[C@H]1c1ccc(Cl)cc1. The van der Waals surface area contributed by atoms with Gasteiger partial charge < -0.3 is 0 Å². The molecule has 70 valence electrons. The fraction of sp³-hybridized carbons (Fsp3) is 0.400. The van der Waals surface area contributed by atoms with E-state index < -0.39 is 0 Å². The summed E-state index contributed by atoms with van der Waals surface area (Å²) in [5, 5.41) is 2.69. The Morgan fingerprint density at radius 2 is 2.00 bits per heavy atom. The van der Waals surface area contributed by atoms with Crippen LogP contribution in [-0.2, 0) is 0 Å². The summed E-state index contributed by atoms with van der Waals surface area (Å²) in [6.45, 7) is 0.993. The lowest BCUT2D eigenvalue weighted by molar-refractivity contribution is 0.266. The molecule has 2 N–H and O–H groups in total. The highest BCUT2D eigenvalue weighted by atomic mass is 35.5. The highest BCUT2D eigenvalue weighted by Gasteiger charge is 2.22. The molecule has 1 heterocycles. The largest absolute Gasteiger partial charge is 0.268 e. The van der Waals surface area contributed by atoms with Crippen molar-refractivity contribution < 1.29 is 0 Å². The lowest BCUT2D eigenvalue weighted by Gasteiger charge is -2.19. The summed E-state index contributed by atoms with van der Waals surface area (Å²) < 4.78 is 0. The second kappa shape index (κ2) is 3.66. The molecule has 0 radical (unpaired) electrons. The number of hydrogen-bond donors (Lipinski definition) is 1. The van der Waals surface area contributed by atoms with Crippen molar-refractivity contribution in [3.63, 3.8) is 0 Å². The minimum absolute atomic E-state index is 0.386. The highest BCUT2D eigenvalue weighted by Crippen LogP contribution is 2.29. The third-order valence-corrected chi connectivity index (χ3v) is 2.80. The molecule has 0 aliphatic carbocycles. The number of rotatable bonds is 1. The van der Waals surface area contributed by atoms with Crippen molar-refractivity contribution in [2.75, 3.05) is 6.54 Å². The Hall–Kier alpha value is -0.570. The van der Waals surface area contributed by atoms with E-state index >= 15 is 0 Å². The van der Waals surface area contributed by atoms with Gasteiger partial charge in [-0.2, -0.15) is 0 Å². The third kappa shape index (κ3) is 1.85. The van der Waals surface area contributed by atoms with Crippen LogP contribution in [0.2, 0.25) is 5.02 Å². The van der Waals surface area contributed by atoms with Gasteiger partial charge in [0.05, 0.1) is 0 Å². The van der Waals surface area contributed by atoms with Crippen LogP contribution in [0, 0.1) is 0 Å². The van der Waals surface area contributed by atoms with Crippen LogP contribution in [0.1, 0.15) is 24.4 Å². The standard InChI is InChI=1S/C10H13ClN2/c11-9-5-3-8(4-6-9)10-2-1-7-13(10)12/h3-6,10H,1-2,7,12H2/t10-/m0/s1. The van der Waals surface area contributed by atoms with Crippen molar-refractivity contribution in [1.82, 2.24) is 5.01 Å². The number of hydrogen-bond acceptors (Lipinski definition) is 2. The summed E-state index contributed by atoms with van der Waals surface area (Å²) in [5.41, 5.74) is 1.27. The number of halogens is 1. The fourth-order valence-corrected chi connectivity index (χ4v) is 1.96. The molecule has 3 heteroatoms. The summed E-state index contributed by atoms with van der Waals surface area (Å²) in [7, 11) is 0. The number of nitrogens with zero attached hydrogens (tertiary/aromatic N) is 1. The predicted molar refractivity (Wildman–Crippen MR) is 54.3 cm³/mol. The van der Waals surface area contributed by atoms with Gasteiger partial charge in [-0.05, 0) is 30.5 Å². The Morgan fingerprint density at radius 1 is 1.31 bits per heavy atom. The van der Waals surface area contributed by atoms with Gasteiger partial charge in [0.2, 0.25) is 0 Å². The molecule has 2 rings (SSSR count). The van der Waals surface area contributed by atoms with Crippen LogP contribution in [0.25, 0.3) is 0 Å². The zero-order valence-electron chi connectivity index (χ0n) is 7.41. The van der Waals surface area contributed by atoms with Gasteiger partial charge in [-0.25, -0.2) is 5.01 Å². The molecule has 1 aromatic carbocycles. The Morgan fingerprint density at radius 3 is 2.54 bits per heavy atom. The second-order valence-electron chi connectivity index (χ2n) is 3.45. The normalized spacial score (nSPS) is 23.7. The third-order valence-electron chi connectivity index (χ3n) is 2.55. The van der Waals surface area contributed by atoms with Crippen LogP contribution >= 0.6 is 11.6 Å². The van der Waals surface area contributed by atoms with E-state index in [4.69, 9.17) is 17.4 Å². The fourth-order valence-electron chi connectivity index (χ4n) is 1.83. The summed E-state index contributed by atoms with van der Waals surface area (Å²) in [4.78, 5) is 0. The molecule has 1 aromatic rings. The summed E-state index contributed by atoms with van der Waals surface area (Å²) in [6, 6.07) is 8.33. The van der Waals surface area contributed by atoms with E-state index in [1.165, 1.54) is 12.0 Å². The molecule has 1 aliphatic rings. The molecule has 0 spiro atoms. The van der Waals surface area contributed by atoms with Crippen LogP contribution in [0.3, 0.4) is 0 Å². The number of nitrogens with two attached hydrogens (primary N) is 1. The average Bonchev–Trinajstić information content (AvgIpc) is 2.53. The van der Waals surface area contributed by atoms with Crippen LogP contribution in [0.4, 0.5) is 0 Å². The van der Waals surface area contributed by atoms with Crippen molar-refractivity contribution in [1.29, 1.82) is 0 Å². The molecular formula is C10H13ClN2. The molecule has 0 saturated carbocycles. The summed E-state index contributed by atoms with van der Waals surface area (Å²) >= 11 is 5.81. The first-order valence-electron chi connectivity index (χ1n) is 4.54. The van der Waals surface area contributed by atoms with Gasteiger partial charge in [-0.1, -0.05) is 23.7 Å². The smallest absolute Gasteiger partial charge is 0.0491 e. The zero-order chi connectivity index (χ0) is 9.26. The topological polar surface area (TPSA) is 29.3 Å². The minimum Gasteiger partial charge on any atom is -0.268 e. The molecule has 1 aliphatic heterocycles. The number of hydrazine groups is 1. The van der Waals surface area contributed by atoms with Crippen molar-refractivity contribution in [2.45, 2.75) is 18.9 Å². The van der Waals surface area contributed by atoms with Gasteiger partial charge in [-0.3, -0.25) is 5.84 Å². The first-order chi connectivity index (χ1) is 6.27. The lowest BCUT2D eigenvalue weighted by atomic mass is 10.1. The van der Waals surface area contributed by atoms with Gasteiger partial charge in [0, 0.05) is 17.6 Å². The lowest BCUT2D eigenvalue weighted by Crippen LogP contribution is -2.30. The van der Waals surface area contributed by atoms with Gasteiger partial charge >= 0.3 is 0 Å². The second-order valence-corrected chi connectivity index (χ2v) is 3.88. The van der Waals surface area contributed by atoms with E-state index in [2.05, 4.69) is 12.1 Å². The first-order valence-corrected chi connectivity index (χ1v) is 4.92. The van der Waals surface area contributed by atoms with Gasteiger partial charge in [0.1, 0.15) is 0 Å². The Labute approximate surface area is 83.3 Å². The van der Waals surface area contributed by atoms with Gasteiger partial charge in [0.15, 0.2) is 0 Å². The number of benzene rings is 1. The molecule has 1 atom stereocenters. The monoisotopic (exact) mass is 196 g/mol. The van der Waals surface area contributed by atoms with Crippen LogP contribution in [0.15, 0.2) is 24.3 Å². The Kier molecular flexibility index (Phi) is 2.54. The molecule has 0 unspecified atom stereocenters. The molecule has 0 amide bonds. The van der Waals surface area contributed by atoms with E-state index in [1.54, 1.807) is 0 Å². The van der Waals surface area contributed by atoms with Gasteiger partial charge in [0.25, 0.3) is 0 Å². The molecular weight excluding hydrogens is 184 g/mol. The molecule has 0 aromatic heterocycles. The molecule has 1 fully saturated rings. The van der Waals surface area contributed by atoms with Crippen molar-refractivity contribution in [2.24, 2.45) is 5.84 Å². The van der Waals surface area contributed by atoms with E-state index in [0.29, 0.717) is 6.04 Å². The van der Waals surface area contributed by atoms with E-state index in [9.17, 15) is 0 Å². The predicted octanol–water partition coefficient (Wildman–Crippen LogP) is 2.35. The van der Waals surface area contributed by atoms with Gasteiger partial charge in [-0.15, -0.1) is 0 Å². The van der Waals surface area contributed by atoms with Crippen LogP contribution < -0.4 is 5.84 Å². The minimum atomic E-state index is 0.386. The molecule has 0 bridgehead atoms. The Bertz CT molecular complexity index is 283.